The summed E-state index contributed by atoms with van der Waals surface area (Å²) in [5, 5.41) is 16.8. The first-order valence-electron chi connectivity index (χ1n) is 7.00. The first-order valence-corrected chi connectivity index (χ1v) is 7.00. The molecule has 0 saturated heterocycles. The van der Waals surface area contributed by atoms with Crippen LogP contribution in [-0.4, -0.2) is 30.5 Å². The third kappa shape index (κ3) is 5.29. The zero-order valence-corrected chi connectivity index (χ0v) is 12.3. The molecule has 1 aromatic carbocycles. The van der Waals surface area contributed by atoms with E-state index in [9.17, 15) is 14.9 Å². The molecule has 0 heterocycles. The van der Waals surface area contributed by atoms with Crippen molar-refractivity contribution in [3.05, 3.63) is 28.3 Å². The van der Waals surface area contributed by atoms with Crippen LogP contribution in [0.2, 0.25) is 0 Å². The summed E-state index contributed by atoms with van der Waals surface area (Å²) in [4.78, 5) is 22.1. The molecule has 0 radical (unpaired) electrons. The van der Waals surface area contributed by atoms with Gasteiger partial charge in [-0.3, -0.25) is 14.9 Å². The highest BCUT2D eigenvalue weighted by atomic mass is 16.6. The van der Waals surface area contributed by atoms with Crippen molar-refractivity contribution in [2.24, 2.45) is 0 Å². The predicted molar refractivity (Wildman–Crippen MR) is 80.7 cm³/mol. The molecule has 116 valence electrons. The number of benzene rings is 1. The second-order valence-electron chi connectivity index (χ2n) is 4.39. The van der Waals surface area contributed by atoms with Gasteiger partial charge in [-0.25, -0.2) is 0 Å². The van der Waals surface area contributed by atoms with E-state index in [-0.39, 0.29) is 23.8 Å². The van der Waals surface area contributed by atoms with Crippen LogP contribution in [0.1, 0.15) is 26.7 Å². The topological polar surface area (TPSA) is 93.5 Å². The second-order valence-corrected chi connectivity index (χ2v) is 4.39. The van der Waals surface area contributed by atoms with Crippen molar-refractivity contribution in [3.63, 3.8) is 0 Å². The lowest BCUT2D eigenvalue weighted by Gasteiger charge is -2.10. The van der Waals surface area contributed by atoms with Gasteiger partial charge in [-0.15, -0.1) is 0 Å². The van der Waals surface area contributed by atoms with Crippen LogP contribution in [0.4, 0.5) is 11.4 Å². The van der Waals surface area contributed by atoms with E-state index in [0.717, 1.165) is 6.42 Å². The van der Waals surface area contributed by atoms with Crippen LogP contribution in [0.15, 0.2) is 18.2 Å². The Kier molecular flexibility index (Phi) is 7.00. The zero-order chi connectivity index (χ0) is 15.7. The summed E-state index contributed by atoms with van der Waals surface area (Å²) in [5.41, 5.74) is 0.264. The van der Waals surface area contributed by atoms with Crippen molar-refractivity contribution < 1.29 is 14.5 Å². The van der Waals surface area contributed by atoms with Crippen LogP contribution in [-0.2, 0) is 4.79 Å². The number of nitrogens with zero attached hydrogens (tertiary/aromatic N) is 1. The molecule has 0 saturated carbocycles. The largest absolute Gasteiger partial charge is 0.487 e. The molecule has 0 aromatic heterocycles. The van der Waals surface area contributed by atoms with E-state index >= 15 is 0 Å². The lowest BCUT2D eigenvalue weighted by atomic mass is 10.2. The Morgan fingerprint density at radius 1 is 1.38 bits per heavy atom. The Balaban J connectivity index is 2.76. The van der Waals surface area contributed by atoms with Crippen molar-refractivity contribution in [3.8, 4) is 5.75 Å². The highest BCUT2D eigenvalue weighted by Gasteiger charge is 2.20. The first kappa shape index (κ1) is 16.7. The van der Waals surface area contributed by atoms with Crippen molar-refractivity contribution in [2.45, 2.75) is 26.7 Å². The average Bonchev–Trinajstić information content (AvgIpc) is 2.45. The van der Waals surface area contributed by atoms with E-state index in [0.29, 0.717) is 25.4 Å². The maximum absolute atomic E-state index is 11.4. The number of carbonyl (C=O) groups is 1. The lowest BCUT2D eigenvalue weighted by Crippen LogP contribution is -2.24. The smallest absolute Gasteiger partial charge is 0.333 e. The first-order chi connectivity index (χ1) is 10.1. The van der Waals surface area contributed by atoms with Gasteiger partial charge >= 0.3 is 5.69 Å². The van der Waals surface area contributed by atoms with Gasteiger partial charge in [-0.05, 0) is 25.5 Å². The quantitative estimate of drug-likeness (QED) is 0.538. The monoisotopic (exact) mass is 295 g/mol. The van der Waals surface area contributed by atoms with Crippen LogP contribution >= 0.6 is 0 Å². The summed E-state index contributed by atoms with van der Waals surface area (Å²) in [6, 6.07) is 4.86. The molecule has 1 amide bonds. The number of rotatable bonds is 9. The molecule has 21 heavy (non-hydrogen) atoms. The number of nitrogens with one attached hydrogen (secondary N) is 2. The van der Waals surface area contributed by atoms with Gasteiger partial charge in [0.25, 0.3) is 0 Å². The number of hydrogen-bond donors (Lipinski definition) is 2. The minimum absolute atomic E-state index is 0.0916. The van der Waals surface area contributed by atoms with Crippen molar-refractivity contribution in [1.82, 2.24) is 5.32 Å². The third-order valence-corrected chi connectivity index (χ3v) is 2.68. The minimum Gasteiger partial charge on any atom is -0.487 e. The third-order valence-electron chi connectivity index (χ3n) is 2.68. The molecular formula is C14H21N3O4. The van der Waals surface area contributed by atoms with Gasteiger partial charge in [0.15, 0.2) is 5.75 Å². The summed E-state index contributed by atoms with van der Waals surface area (Å²) < 4.78 is 5.39. The highest BCUT2D eigenvalue weighted by molar-refractivity contribution is 5.77. The number of nitro benzene ring substituents is 1. The standard InChI is InChI=1S/C14H21N3O4/c1-3-10-21-12-7-5-6-11(14(12)17(19)20)16-9-8-13(18)15-4-2/h5-7,16H,3-4,8-10H2,1-2H3,(H,15,18). The molecule has 0 aliphatic heterocycles. The van der Waals surface area contributed by atoms with Gasteiger partial charge in [0.05, 0.1) is 11.5 Å². The van der Waals surface area contributed by atoms with Crippen molar-refractivity contribution in [1.29, 1.82) is 0 Å². The van der Waals surface area contributed by atoms with Gasteiger partial charge in [0.1, 0.15) is 5.69 Å². The van der Waals surface area contributed by atoms with Crippen LogP contribution in [0.25, 0.3) is 0 Å². The molecular weight excluding hydrogens is 274 g/mol. The summed E-state index contributed by atoms with van der Waals surface area (Å²) in [7, 11) is 0. The number of ether oxygens (including phenoxy) is 1. The molecule has 0 unspecified atom stereocenters. The predicted octanol–water partition coefficient (Wildman–Crippen LogP) is 2.32. The number of nitro groups is 1. The second kappa shape index (κ2) is 8.78. The fourth-order valence-corrected chi connectivity index (χ4v) is 1.78. The molecule has 0 spiro atoms. The maximum Gasteiger partial charge on any atom is 0.333 e. The van der Waals surface area contributed by atoms with E-state index in [2.05, 4.69) is 10.6 Å². The number of para-hydroxylation sites is 1. The molecule has 7 heteroatoms. The lowest BCUT2D eigenvalue weighted by molar-refractivity contribution is -0.385. The van der Waals surface area contributed by atoms with E-state index in [1.807, 2.05) is 13.8 Å². The van der Waals surface area contributed by atoms with Crippen LogP contribution < -0.4 is 15.4 Å². The highest BCUT2D eigenvalue weighted by Crippen LogP contribution is 2.34. The van der Waals surface area contributed by atoms with E-state index in [4.69, 9.17) is 4.74 Å². The minimum atomic E-state index is -0.473. The normalized spacial score (nSPS) is 10.0. The SMILES string of the molecule is CCCOc1cccc(NCCC(=O)NCC)c1[N+](=O)[O-]. The Hall–Kier alpha value is -2.31. The van der Waals surface area contributed by atoms with E-state index in [1.54, 1.807) is 18.2 Å². The summed E-state index contributed by atoms with van der Waals surface area (Å²) in [5.74, 6) is 0.149. The number of hydrogen-bond acceptors (Lipinski definition) is 5. The molecule has 0 aliphatic carbocycles. The van der Waals surface area contributed by atoms with Gasteiger partial charge in [0, 0.05) is 19.5 Å². The number of anilines is 1. The van der Waals surface area contributed by atoms with Gasteiger partial charge in [0.2, 0.25) is 5.91 Å². The van der Waals surface area contributed by atoms with Crippen LogP contribution in [0.5, 0.6) is 5.75 Å². The molecule has 7 nitrogen and oxygen atoms in total. The Morgan fingerprint density at radius 3 is 2.76 bits per heavy atom. The fourth-order valence-electron chi connectivity index (χ4n) is 1.78. The van der Waals surface area contributed by atoms with Gasteiger partial charge in [-0.1, -0.05) is 13.0 Å². The Bertz CT molecular complexity index is 491. The Labute approximate surface area is 123 Å². The van der Waals surface area contributed by atoms with Crippen LogP contribution in [0, 0.1) is 10.1 Å². The van der Waals surface area contributed by atoms with E-state index < -0.39 is 4.92 Å². The maximum atomic E-state index is 11.4. The van der Waals surface area contributed by atoms with Crippen molar-refractivity contribution >= 4 is 17.3 Å². The molecule has 1 aromatic rings. The average molecular weight is 295 g/mol. The zero-order valence-electron chi connectivity index (χ0n) is 12.3. The molecule has 0 aliphatic rings. The molecule has 0 atom stereocenters. The molecule has 0 fully saturated rings. The summed E-state index contributed by atoms with van der Waals surface area (Å²) in [6.07, 6.45) is 1.02. The Morgan fingerprint density at radius 2 is 2.14 bits per heavy atom. The van der Waals surface area contributed by atoms with Gasteiger partial charge < -0.3 is 15.4 Å². The van der Waals surface area contributed by atoms with E-state index in [1.165, 1.54) is 0 Å². The number of amides is 1. The molecule has 1 rings (SSSR count). The summed E-state index contributed by atoms with van der Waals surface area (Å²) >= 11 is 0. The van der Waals surface area contributed by atoms with Crippen LogP contribution in [0.3, 0.4) is 0 Å². The van der Waals surface area contributed by atoms with Crippen molar-refractivity contribution in [2.75, 3.05) is 25.0 Å². The summed E-state index contributed by atoms with van der Waals surface area (Å²) in [6.45, 7) is 5.08. The molecule has 0 bridgehead atoms. The van der Waals surface area contributed by atoms with Gasteiger partial charge in [-0.2, -0.15) is 0 Å². The molecule has 2 N–H and O–H groups in total. The fraction of sp³-hybridized carbons (Fsp3) is 0.500. The number of carbonyl (C=O) groups excluding carboxylic acids is 1.